The molecule has 0 atom stereocenters. The number of ether oxygens (including phenoxy) is 1. The number of hydrogen-bond donors (Lipinski definition) is 3. The smallest absolute Gasteiger partial charge is 0.235 e. The van der Waals surface area contributed by atoms with Crippen molar-refractivity contribution in [3.8, 4) is 23.3 Å². The minimum atomic E-state index is -3.34. The van der Waals surface area contributed by atoms with Gasteiger partial charge >= 0.3 is 0 Å². The fraction of sp³-hybridized carbons (Fsp3) is 0.292. The first kappa shape index (κ1) is 23.9. The van der Waals surface area contributed by atoms with Crippen molar-refractivity contribution in [3.63, 3.8) is 0 Å². The normalized spacial score (nSPS) is 14.9. The highest BCUT2D eigenvalue weighted by Gasteiger charge is 2.26. The number of nitrogen functional groups attached to an aromatic ring is 1. The topological polar surface area (TPSA) is 118 Å². The number of nitrogens with one attached hydrogen (secondary N) is 1. The Hall–Kier alpha value is -3.26. The summed E-state index contributed by atoms with van der Waals surface area (Å²) in [7, 11) is -3.34. The number of hydrogen-bond acceptors (Lipinski definition) is 8. The second kappa shape index (κ2) is 10.3. The SMILES string of the molecule is C=CS(=O)(=O)N1CCC(COc2cccc(NCC#Cc3cc(O)c4nc(N)sc4c3)c2)CC1. The first-order chi connectivity index (χ1) is 16.3. The number of benzene rings is 2. The highest BCUT2D eigenvalue weighted by Crippen LogP contribution is 2.31. The van der Waals surface area contributed by atoms with Crippen LogP contribution >= 0.6 is 11.3 Å². The van der Waals surface area contributed by atoms with E-state index in [1.165, 1.54) is 15.6 Å². The van der Waals surface area contributed by atoms with E-state index in [0.29, 0.717) is 48.4 Å². The molecule has 8 nitrogen and oxygen atoms in total. The van der Waals surface area contributed by atoms with Gasteiger partial charge in [0.25, 0.3) is 0 Å². The maximum Gasteiger partial charge on any atom is 0.235 e. The average molecular weight is 499 g/mol. The molecule has 0 bridgehead atoms. The Morgan fingerprint density at radius 1 is 1.32 bits per heavy atom. The van der Waals surface area contributed by atoms with E-state index in [2.05, 4.69) is 28.7 Å². The molecule has 1 aliphatic rings. The van der Waals surface area contributed by atoms with E-state index in [4.69, 9.17) is 10.5 Å². The molecule has 0 unspecified atom stereocenters. The lowest BCUT2D eigenvalue weighted by molar-refractivity contribution is 0.186. The van der Waals surface area contributed by atoms with E-state index in [-0.39, 0.29) is 5.75 Å². The van der Waals surface area contributed by atoms with Crippen LogP contribution in [-0.2, 0) is 10.0 Å². The summed E-state index contributed by atoms with van der Waals surface area (Å²) in [4.78, 5) is 4.10. The molecule has 0 aliphatic carbocycles. The van der Waals surface area contributed by atoms with E-state index < -0.39 is 10.0 Å². The summed E-state index contributed by atoms with van der Waals surface area (Å²) in [5, 5.41) is 14.8. The van der Waals surface area contributed by atoms with Crippen molar-refractivity contribution in [2.45, 2.75) is 12.8 Å². The molecule has 34 heavy (non-hydrogen) atoms. The molecule has 0 radical (unpaired) electrons. The molecule has 0 saturated carbocycles. The maximum atomic E-state index is 11.9. The molecular formula is C24H26N4O4S2. The minimum Gasteiger partial charge on any atom is -0.506 e. The second-order valence-corrected chi connectivity index (χ2v) is 10.9. The van der Waals surface area contributed by atoms with Crippen LogP contribution in [0.4, 0.5) is 10.8 Å². The number of phenolic OH excluding ortho intramolecular Hbond substituents is 1. The number of rotatable bonds is 7. The lowest BCUT2D eigenvalue weighted by Gasteiger charge is -2.30. The number of aromatic nitrogens is 1. The Morgan fingerprint density at radius 3 is 2.88 bits per heavy atom. The summed E-state index contributed by atoms with van der Waals surface area (Å²) in [6.45, 7) is 5.32. The van der Waals surface area contributed by atoms with Gasteiger partial charge in [-0.1, -0.05) is 35.8 Å². The molecule has 2 heterocycles. The van der Waals surface area contributed by atoms with Crippen LogP contribution in [0.5, 0.6) is 11.5 Å². The number of piperidine rings is 1. The number of anilines is 2. The van der Waals surface area contributed by atoms with Crippen molar-refractivity contribution in [1.29, 1.82) is 0 Å². The summed E-state index contributed by atoms with van der Waals surface area (Å²) in [6.07, 6.45) is 1.52. The summed E-state index contributed by atoms with van der Waals surface area (Å²) < 4.78 is 32.0. The van der Waals surface area contributed by atoms with Gasteiger partial charge < -0.3 is 20.9 Å². The van der Waals surface area contributed by atoms with Crippen molar-refractivity contribution in [2.75, 3.05) is 37.3 Å². The zero-order valence-electron chi connectivity index (χ0n) is 18.5. The summed E-state index contributed by atoms with van der Waals surface area (Å²) >= 11 is 1.31. The second-order valence-electron chi connectivity index (χ2n) is 7.94. The molecule has 1 aliphatic heterocycles. The molecule has 4 rings (SSSR count). The molecule has 2 aromatic carbocycles. The molecule has 1 saturated heterocycles. The van der Waals surface area contributed by atoms with Gasteiger partial charge in [-0.2, -0.15) is 4.31 Å². The number of fused-ring (bicyclic) bond motifs is 1. The lowest BCUT2D eigenvalue weighted by Crippen LogP contribution is -2.38. The predicted molar refractivity (Wildman–Crippen MR) is 136 cm³/mol. The van der Waals surface area contributed by atoms with Gasteiger partial charge in [0.15, 0.2) is 5.13 Å². The van der Waals surface area contributed by atoms with Crippen LogP contribution in [0.2, 0.25) is 0 Å². The molecule has 1 fully saturated rings. The summed E-state index contributed by atoms with van der Waals surface area (Å²) in [5.74, 6) is 7.22. The Labute approximate surface area is 203 Å². The standard InChI is InChI=1S/C24H26N4O4S2/c1-2-34(30,31)28-11-8-17(9-12-28)16-32-20-7-3-6-19(15-20)26-10-4-5-18-13-21(29)23-22(14-18)33-24(25)27-23/h2-3,6-7,13-15,17,26,29H,1,8-12,16H2,(H2,25,27). The molecule has 0 spiro atoms. The maximum absolute atomic E-state index is 11.9. The van der Waals surface area contributed by atoms with Crippen LogP contribution in [0.25, 0.3) is 10.2 Å². The van der Waals surface area contributed by atoms with Gasteiger partial charge in [0.2, 0.25) is 10.0 Å². The Bertz CT molecular complexity index is 1350. The van der Waals surface area contributed by atoms with Crippen molar-refractivity contribution in [1.82, 2.24) is 9.29 Å². The van der Waals surface area contributed by atoms with Crippen LogP contribution in [0.15, 0.2) is 48.4 Å². The summed E-state index contributed by atoms with van der Waals surface area (Å²) in [5.41, 5.74) is 7.78. The zero-order chi connectivity index (χ0) is 24.1. The Balaban J connectivity index is 1.27. The monoisotopic (exact) mass is 498 g/mol. The Kier molecular flexibility index (Phi) is 7.26. The third-order valence-corrected chi connectivity index (χ3v) is 7.91. The number of nitrogens with two attached hydrogens (primary N) is 1. The largest absolute Gasteiger partial charge is 0.506 e. The van der Waals surface area contributed by atoms with Crippen LogP contribution in [0.1, 0.15) is 18.4 Å². The number of phenols is 1. The number of aromatic hydroxyl groups is 1. The van der Waals surface area contributed by atoms with E-state index in [9.17, 15) is 13.5 Å². The number of sulfonamides is 1. The zero-order valence-corrected chi connectivity index (χ0v) is 20.2. The first-order valence-electron chi connectivity index (χ1n) is 10.8. The highest BCUT2D eigenvalue weighted by atomic mass is 32.2. The van der Waals surface area contributed by atoms with Gasteiger partial charge in [0.05, 0.1) is 17.9 Å². The van der Waals surface area contributed by atoms with E-state index in [1.807, 2.05) is 30.3 Å². The lowest BCUT2D eigenvalue weighted by atomic mass is 9.99. The molecule has 10 heteroatoms. The van der Waals surface area contributed by atoms with Crippen LogP contribution in [0, 0.1) is 17.8 Å². The van der Waals surface area contributed by atoms with Gasteiger partial charge in [-0.3, -0.25) is 0 Å². The van der Waals surface area contributed by atoms with Gasteiger partial charge in [0.1, 0.15) is 17.0 Å². The van der Waals surface area contributed by atoms with Gasteiger partial charge in [-0.15, -0.1) is 0 Å². The van der Waals surface area contributed by atoms with Crippen molar-refractivity contribution in [3.05, 3.63) is 53.9 Å². The fourth-order valence-corrected chi connectivity index (χ4v) is 5.47. The molecule has 3 aromatic rings. The highest BCUT2D eigenvalue weighted by molar-refractivity contribution is 7.92. The molecule has 4 N–H and O–H groups in total. The molecular weight excluding hydrogens is 472 g/mol. The van der Waals surface area contributed by atoms with Crippen LogP contribution in [0.3, 0.4) is 0 Å². The third kappa shape index (κ3) is 5.80. The molecule has 0 amide bonds. The molecule has 178 valence electrons. The minimum absolute atomic E-state index is 0.0700. The van der Waals surface area contributed by atoms with Crippen LogP contribution < -0.4 is 15.8 Å². The van der Waals surface area contributed by atoms with Gasteiger partial charge in [-0.05, 0) is 43.0 Å². The number of nitrogens with zero attached hydrogens (tertiary/aromatic N) is 2. The van der Waals surface area contributed by atoms with Crippen molar-refractivity contribution < 1.29 is 18.3 Å². The quantitative estimate of drug-likeness (QED) is 0.426. The van der Waals surface area contributed by atoms with Gasteiger partial charge in [-0.25, -0.2) is 13.4 Å². The van der Waals surface area contributed by atoms with Crippen molar-refractivity contribution >= 4 is 42.4 Å². The van der Waals surface area contributed by atoms with Crippen LogP contribution in [-0.4, -0.2) is 49.1 Å². The third-order valence-electron chi connectivity index (χ3n) is 5.57. The van der Waals surface area contributed by atoms with E-state index >= 15 is 0 Å². The average Bonchev–Trinajstić information content (AvgIpc) is 3.22. The Morgan fingerprint density at radius 2 is 2.12 bits per heavy atom. The van der Waals surface area contributed by atoms with E-state index in [1.54, 1.807) is 6.07 Å². The fourth-order valence-electron chi connectivity index (χ4n) is 3.74. The predicted octanol–water partition coefficient (Wildman–Crippen LogP) is 3.61. The summed E-state index contributed by atoms with van der Waals surface area (Å²) in [6, 6.07) is 11.1. The van der Waals surface area contributed by atoms with Gasteiger partial charge in [0, 0.05) is 35.8 Å². The number of thiazole rings is 1. The van der Waals surface area contributed by atoms with E-state index in [0.717, 1.165) is 34.4 Å². The first-order valence-corrected chi connectivity index (χ1v) is 13.1. The van der Waals surface area contributed by atoms with Crippen molar-refractivity contribution in [2.24, 2.45) is 5.92 Å². The molecule has 1 aromatic heterocycles.